The van der Waals surface area contributed by atoms with Crippen molar-refractivity contribution in [3.8, 4) is 12.3 Å². The molecule has 0 saturated carbocycles. The summed E-state index contributed by atoms with van der Waals surface area (Å²) >= 11 is 0. The number of nitrogens with zero attached hydrogens (tertiary/aromatic N) is 1. The Morgan fingerprint density at radius 3 is 2.21 bits per heavy atom. The first-order chi connectivity index (χ1) is 6.51. The molecular weight excluding hydrogens is 195 g/mol. The van der Waals surface area contributed by atoms with Crippen LogP contribution >= 0.6 is 0 Å². The molecule has 2 nitrogen and oxygen atoms in total. The Kier molecular flexibility index (Phi) is 2.97. The van der Waals surface area contributed by atoms with Crippen LogP contribution in [0.2, 0.25) is 0 Å². The third-order valence-corrected chi connectivity index (χ3v) is 1.43. The lowest BCUT2D eigenvalue weighted by Gasteiger charge is -2.07. The van der Waals surface area contributed by atoms with Crippen molar-refractivity contribution in [3.05, 3.63) is 34.7 Å². The van der Waals surface area contributed by atoms with Crippen LogP contribution in [0.5, 0.6) is 5.75 Å². The Bertz CT molecular complexity index is 337. The van der Waals surface area contributed by atoms with Crippen LogP contribution < -0.4 is 4.74 Å². The summed E-state index contributed by atoms with van der Waals surface area (Å²) in [6.45, 7) is 5.18. The average Bonchev–Trinajstić information content (AvgIpc) is 2.06. The predicted octanol–water partition coefficient (Wildman–Crippen LogP) is 3.05. The lowest BCUT2D eigenvalue weighted by Crippen LogP contribution is -2.16. The first kappa shape index (κ1) is 10.4. The summed E-state index contributed by atoms with van der Waals surface area (Å²) in [7, 11) is 0. The molecule has 0 atom stereocenters. The first-order valence-corrected chi connectivity index (χ1v) is 3.72. The van der Waals surface area contributed by atoms with E-state index in [1.165, 1.54) is 24.3 Å². The molecule has 0 radical (unpaired) electrons. The zero-order valence-electron chi connectivity index (χ0n) is 7.08. The van der Waals surface area contributed by atoms with Gasteiger partial charge >= 0.3 is 6.36 Å². The van der Waals surface area contributed by atoms with Crippen molar-refractivity contribution in [1.29, 1.82) is 0 Å². The number of alkyl halides is 3. The van der Waals surface area contributed by atoms with Gasteiger partial charge in [0.1, 0.15) is 5.75 Å². The third-order valence-electron chi connectivity index (χ3n) is 1.43. The highest BCUT2D eigenvalue weighted by Crippen LogP contribution is 2.22. The quantitative estimate of drug-likeness (QED) is 0.718. The summed E-state index contributed by atoms with van der Waals surface area (Å²) in [6, 6.07) is 5.37. The van der Waals surface area contributed by atoms with Crippen molar-refractivity contribution in [3.63, 3.8) is 0 Å². The van der Waals surface area contributed by atoms with Gasteiger partial charge < -0.3 is 4.74 Å². The topological polar surface area (TPSA) is 13.6 Å². The lowest BCUT2D eigenvalue weighted by atomic mass is 10.2. The number of hydrogen-bond donors (Lipinski definition) is 0. The molecular formula is C9H7F3NO+. The van der Waals surface area contributed by atoms with E-state index < -0.39 is 6.36 Å². The van der Waals surface area contributed by atoms with Crippen molar-refractivity contribution >= 4 is 0 Å². The smallest absolute Gasteiger partial charge is 0.406 e. The fraction of sp³-hybridized carbons (Fsp3) is 0.222. The van der Waals surface area contributed by atoms with E-state index in [1.54, 1.807) is 0 Å². The number of halogens is 3. The lowest BCUT2D eigenvalue weighted by molar-refractivity contribution is -0.274. The highest BCUT2D eigenvalue weighted by molar-refractivity contribution is 5.28. The van der Waals surface area contributed by atoms with Gasteiger partial charge in [0.2, 0.25) is 0 Å². The average molecular weight is 202 g/mol. The third kappa shape index (κ3) is 3.35. The van der Waals surface area contributed by atoms with Crippen molar-refractivity contribution in [2.45, 2.75) is 12.9 Å². The fourth-order valence-electron chi connectivity index (χ4n) is 0.902. The van der Waals surface area contributed by atoms with E-state index in [4.69, 9.17) is 6.57 Å². The Labute approximate surface area is 78.7 Å². The first-order valence-electron chi connectivity index (χ1n) is 3.72. The Balaban J connectivity index is 2.70. The molecule has 5 heteroatoms. The van der Waals surface area contributed by atoms with E-state index in [9.17, 15) is 13.2 Å². The standard InChI is InChI=1S/C9H7F3NO/c1-13-6-7-2-4-8(5-3-7)14-9(10,11)12/h1-5H,6H2/q+1. The maximum atomic E-state index is 11.7. The van der Waals surface area contributed by atoms with Gasteiger partial charge in [0, 0.05) is 5.56 Å². The van der Waals surface area contributed by atoms with Crippen LogP contribution in [0, 0.1) is 6.57 Å². The Morgan fingerprint density at radius 2 is 1.79 bits per heavy atom. The van der Waals surface area contributed by atoms with Gasteiger partial charge in [0.05, 0.1) is 0 Å². The monoisotopic (exact) mass is 202 g/mol. The van der Waals surface area contributed by atoms with E-state index in [0.717, 1.165) is 5.56 Å². The van der Waals surface area contributed by atoms with Crippen LogP contribution in [0.1, 0.15) is 5.56 Å². The van der Waals surface area contributed by atoms with Crippen molar-refractivity contribution < 1.29 is 17.9 Å². The molecule has 14 heavy (non-hydrogen) atoms. The minimum absolute atomic E-state index is 0.252. The maximum absolute atomic E-state index is 11.7. The molecule has 0 aliphatic carbocycles. The summed E-state index contributed by atoms with van der Waals surface area (Å²) in [5.41, 5.74) is 0.724. The van der Waals surface area contributed by atoms with E-state index >= 15 is 0 Å². The number of benzene rings is 1. The van der Waals surface area contributed by atoms with E-state index in [2.05, 4.69) is 9.58 Å². The van der Waals surface area contributed by atoms with Crippen LogP contribution in [-0.4, -0.2) is 6.36 Å². The summed E-state index contributed by atoms with van der Waals surface area (Å²) in [4.78, 5) is 3.35. The fourth-order valence-corrected chi connectivity index (χ4v) is 0.902. The van der Waals surface area contributed by atoms with Gasteiger partial charge in [-0.15, -0.1) is 13.2 Å². The molecule has 0 amide bonds. The summed E-state index contributed by atoms with van der Waals surface area (Å²) in [5.74, 6) is -0.252. The maximum Gasteiger partial charge on any atom is 0.573 e. The number of ether oxygens (including phenoxy) is 1. The molecule has 0 saturated heterocycles. The zero-order valence-corrected chi connectivity index (χ0v) is 7.08. The van der Waals surface area contributed by atoms with Crippen LogP contribution in [0.3, 0.4) is 0 Å². The Hall–Kier alpha value is -1.70. The van der Waals surface area contributed by atoms with E-state index in [1.807, 2.05) is 0 Å². The molecule has 0 aromatic heterocycles. The minimum atomic E-state index is -4.65. The molecule has 0 fully saturated rings. The van der Waals surface area contributed by atoms with Crippen LogP contribution in [0.4, 0.5) is 13.2 Å². The molecule has 0 spiro atoms. The van der Waals surface area contributed by atoms with Gasteiger partial charge in [-0.05, 0) is 24.3 Å². The molecule has 0 aliphatic heterocycles. The van der Waals surface area contributed by atoms with E-state index in [-0.39, 0.29) is 12.3 Å². The van der Waals surface area contributed by atoms with Crippen LogP contribution in [-0.2, 0) is 6.54 Å². The van der Waals surface area contributed by atoms with Crippen LogP contribution in [0.15, 0.2) is 24.3 Å². The summed E-state index contributed by atoms with van der Waals surface area (Å²) < 4.78 is 38.9. The molecule has 0 heterocycles. The van der Waals surface area contributed by atoms with Gasteiger partial charge in [0.15, 0.2) is 0 Å². The number of rotatable bonds is 2. The second-order valence-corrected chi connectivity index (χ2v) is 2.53. The SMILES string of the molecule is C#[N+]Cc1ccc(OC(F)(F)F)cc1. The molecule has 74 valence electrons. The minimum Gasteiger partial charge on any atom is -0.406 e. The zero-order chi connectivity index (χ0) is 10.6. The molecule has 0 unspecified atom stereocenters. The highest BCUT2D eigenvalue weighted by atomic mass is 19.4. The molecule has 0 bridgehead atoms. The molecule has 1 aromatic carbocycles. The van der Waals surface area contributed by atoms with Crippen molar-refractivity contribution in [2.75, 3.05) is 0 Å². The van der Waals surface area contributed by atoms with Gasteiger partial charge in [-0.3, -0.25) is 0 Å². The van der Waals surface area contributed by atoms with Crippen molar-refractivity contribution in [1.82, 2.24) is 0 Å². The van der Waals surface area contributed by atoms with Gasteiger partial charge in [0.25, 0.3) is 13.1 Å². The number of hydrogen-bond acceptors (Lipinski definition) is 1. The van der Waals surface area contributed by atoms with Gasteiger partial charge in [-0.25, -0.2) is 0 Å². The van der Waals surface area contributed by atoms with Crippen LogP contribution in [0.25, 0.3) is 4.85 Å². The van der Waals surface area contributed by atoms with Gasteiger partial charge in [-0.1, -0.05) is 4.85 Å². The summed E-state index contributed by atoms with van der Waals surface area (Å²) in [5, 5.41) is 0. The second kappa shape index (κ2) is 4.01. The normalized spacial score (nSPS) is 10.7. The largest absolute Gasteiger partial charge is 0.573 e. The molecule has 0 N–H and O–H groups in total. The second-order valence-electron chi connectivity index (χ2n) is 2.53. The predicted molar refractivity (Wildman–Crippen MR) is 45.1 cm³/mol. The molecule has 0 aliphatic rings. The highest BCUT2D eigenvalue weighted by Gasteiger charge is 2.30. The molecule has 1 aromatic rings. The molecule has 1 rings (SSSR count). The van der Waals surface area contributed by atoms with Crippen molar-refractivity contribution in [2.24, 2.45) is 0 Å². The van der Waals surface area contributed by atoms with E-state index in [0.29, 0.717) is 0 Å². The van der Waals surface area contributed by atoms with Gasteiger partial charge in [-0.2, -0.15) is 0 Å². The summed E-state index contributed by atoms with van der Waals surface area (Å²) in [6.07, 6.45) is -4.65. The Morgan fingerprint density at radius 1 is 1.21 bits per heavy atom.